The van der Waals surface area contributed by atoms with Crippen molar-refractivity contribution in [3.63, 3.8) is 0 Å². The van der Waals surface area contributed by atoms with Crippen LogP contribution < -0.4 is 10.1 Å². The molecule has 0 spiro atoms. The number of ether oxygens (including phenoxy) is 1. The van der Waals surface area contributed by atoms with Crippen molar-refractivity contribution in [2.45, 2.75) is 42.4 Å². The predicted octanol–water partition coefficient (Wildman–Crippen LogP) is 6.94. The number of hydrogen-bond acceptors (Lipinski definition) is 2. The Balaban J connectivity index is 2.22. The number of rotatable bonds is 9. The van der Waals surface area contributed by atoms with Crippen LogP contribution in [0.3, 0.4) is 0 Å². The molecule has 0 heterocycles. The van der Waals surface area contributed by atoms with E-state index in [1.807, 2.05) is 0 Å². The molecule has 3 nitrogen and oxygen atoms in total. The fraction of sp³-hybridized carbons (Fsp3) is 0.350. The quantitative estimate of drug-likeness (QED) is 0.347. The van der Waals surface area contributed by atoms with Crippen molar-refractivity contribution in [1.29, 1.82) is 0 Å². The molecule has 0 aliphatic carbocycles. The van der Waals surface area contributed by atoms with Crippen molar-refractivity contribution < 1.29 is 66.6 Å². The molecule has 2 rings (SSSR count). The third-order valence-corrected chi connectivity index (χ3v) is 4.58. The fourth-order valence-corrected chi connectivity index (χ4v) is 2.50. The van der Waals surface area contributed by atoms with Gasteiger partial charge in [0.2, 0.25) is 0 Å². The van der Waals surface area contributed by atoms with Gasteiger partial charge in [-0.25, -0.2) is 0 Å². The van der Waals surface area contributed by atoms with E-state index in [1.165, 1.54) is 0 Å². The van der Waals surface area contributed by atoms with Crippen LogP contribution in [0.2, 0.25) is 0 Å². The zero-order valence-corrected chi connectivity index (χ0v) is 17.1. The SMILES string of the molecule is O=C(Nc1ccc(OCc2ccccc2)cc1)C(F)(F)C(F)(F)C(F)(F)C(F)(F)C(F)(F)C(F)(F)F. The third-order valence-electron chi connectivity index (χ3n) is 4.58. The first-order chi connectivity index (χ1) is 16.2. The summed E-state index contributed by atoms with van der Waals surface area (Å²) >= 11 is 0. The number of alkyl halides is 13. The van der Waals surface area contributed by atoms with Gasteiger partial charge in [0, 0.05) is 5.69 Å². The number of nitrogens with one attached hydrogen (secondary N) is 1. The number of halogens is 13. The summed E-state index contributed by atoms with van der Waals surface area (Å²) in [4.78, 5) is 11.5. The van der Waals surface area contributed by atoms with Gasteiger partial charge in [-0.15, -0.1) is 0 Å². The van der Waals surface area contributed by atoms with Gasteiger partial charge >= 0.3 is 41.7 Å². The maximum atomic E-state index is 13.9. The monoisotopic (exact) mass is 545 g/mol. The maximum Gasteiger partial charge on any atom is 0.460 e. The molecule has 16 heteroatoms. The molecule has 2 aromatic rings. The Morgan fingerprint density at radius 1 is 0.639 bits per heavy atom. The van der Waals surface area contributed by atoms with Crippen LogP contribution in [-0.4, -0.2) is 41.7 Å². The summed E-state index contributed by atoms with van der Waals surface area (Å²) in [5, 5.41) is 0.969. The Morgan fingerprint density at radius 3 is 1.58 bits per heavy atom. The van der Waals surface area contributed by atoms with E-state index < -0.39 is 47.4 Å². The molecule has 0 saturated carbocycles. The van der Waals surface area contributed by atoms with Crippen molar-refractivity contribution in [3.8, 4) is 5.75 Å². The lowest BCUT2D eigenvalue weighted by molar-refractivity contribution is -0.435. The fourth-order valence-electron chi connectivity index (χ4n) is 2.50. The molecular formula is C20H12F13NO2. The summed E-state index contributed by atoms with van der Waals surface area (Å²) in [6.07, 6.45) is -7.53. The van der Waals surface area contributed by atoms with Crippen molar-refractivity contribution in [1.82, 2.24) is 0 Å². The molecule has 0 saturated heterocycles. The second kappa shape index (κ2) is 9.35. The Morgan fingerprint density at radius 2 is 1.11 bits per heavy atom. The van der Waals surface area contributed by atoms with Gasteiger partial charge in [-0.05, 0) is 29.8 Å². The normalized spacial score (nSPS) is 13.9. The van der Waals surface area contributed by atoms with Crippen LogP contribution in [0.15, 0.2) is 54.6 Å². The standard InChI is InChI=1S/C20H12F13NO2/c21-15(22,16(23,24)17(25,26)18(27,28)19(29,30)20(31,32)33)14(35)34-12-6-8-13(9-7-12)36-10-11-4-2-1-3-5-11/h1-9H,10H2,(H,34,35). The molecule has 0 bridgehead atoms. The van der Waals surface area contributed by atoms with Crippen molar-refractivity contribution in [2.24, 2.45) is 0 Å². The minimum absolute atomic E-state index is 0.00267. The predicted molar refractivity (Wildman–Crippen MR) is 96.6 cm³/mol. The van der Waals surface area contributed by atoms with E-state index in [0.717, 1.165) is 29.6 Å². The van der Waals surface area contributed by atoms with Crippen LogP contribution in [0.4, 0.5) is 62.8 Å². The molecule has 1 amide bonds. The highest BCUT2D eigenvalue weighted by molar-refractivity contribution is 5.97. The van der Waals surface area contributed by atoms with Gasteiger partial charge in [0.15, 0.2) is 0 Å². The molecule has 0 radical (unpaired) electrons. The van der Waals surface area contributed by atoms with E-state index in [0.29, 0.717) is 5.56 Å². The average molecular weight is 545 g/mol. The van der Waals surface area contributed by atoms with Crippen LogP contribution in [0.25, 0.3) is 0 Å². The first kappa shape index (κ1) is 29.0. The average Bonchev–Trinajstić information content (AvgIpc) is 2.78. The maximum absolute atomic E-state index is 13.9. The van der Waals surface area contributed by atoms with Crippen LogP contribution in [0, 0.1) is 0 Å². The van der Waals surface area contributed by atoms with E-state index in [9.17, 15) is 61.9 Å². The van der Waals surface area contributed by atoms with Crippen LogP contribution >= 0.6 is 0 Å². The van der Waals surface area contributed by atoms with Gasteiger partial charge in [0.05, 0.1) is 0 Å². The number of carbonyl (C=O) groups is 1. The Kier molecular flexibility index (Phi) is 7.54. The smallest absolute Gasteiger partial charge is 0.460 e. The lowest BCUT2D eigenvalue weighted by atomic mass is 9.93. The Labute approximate surface area is 192 Å². The number of carbonyl (C=O) groups excluding carboxylic acids is 1. The molecule has 0 fully saturated rings. The zero-order chi connectivity index (χ0) is 27.8. The summed E-state index contributed by atoms with van der Waals surface area (Å²) in [7, 11) is 0. The first-order valence-electron chi connectivity index (χ1n) is 9.24. The second-order valence-corrected chi connectivity index (χ2v) is 7.12. The highest BCUT2D eigenvalue weighted by atomic mass is 19.4. The molecule has 200 valence electrons. The summed E-state index contributed by atoms with van der Waals surface area (Å²) in [5.41, 5.74) is -0.108. The first-order valence-corrected chi connectivity index (χ1v) is 9.24. The number of benzene rings is 2. The van der Waals surface area contributed by atoms with E-state index in [-0.39, 0.29) is 12.4 Å². The summed E-state index contributed by atoms with van der Waals surface area (Å²) in [6, 6.07) is 11.8. The van der Waals surface area contributed by atoms with Gasteiger partial charge in [-0.3, -0.25) is 4.79 Å². The van der Waals surface area contributed by atoms with E-state index in [1.54, 1.807) is 30.3 Å². The Hall–Kier alpha value is -3.20. The zero-order valence-electron chi connectivity index (χ0n) is 17.1. The summed E-state index contributed by atoms with van der Waals surface area (Å²) < 4.78 is 176. The highest BCUT2D eigenvalue weighted by Gasteiger charge is 2.91. The highest BCUT2D eigenvalue weighted by Crippen LogP contribution is 2.60. The number of hydrogen-bond donors (Lipinski definition) is 1. The summed E-state index contributed by atoms with van der Waals surface area (Å²) in [5.74, 6) is -41.9. The van der Waals surface area contributed by atoms with Crippen molar-refractivity contribution in [3.05, 3.63) is 60.2 Å². The van der Waals surface area contributed by atoms with Crippen LogP contribution in [-0.2, 0) is 11.4 Å². The number of anilines is 1. The van der Waals surface area contributed by atoms with Crippen molar-refractivity contribution in [2.75, 3.05) is 5.32 Å². The van der Waals surface area contributed by atoms with Gasteiger partial charge in [0.25, 0.3) is 0 Å². The van der Waals surface area contributed by atoms with Gasteiger partial charge < -0.3 is 10.1 Å². The molecule has 0 atom stereocenters. The Bertz CT molecular complexity index is 1050. The van der Waals surface area contributed by atoms with Gasteiger partial charge in [0.1, 0.15) is 12.4 Å². The molecular weight excluding hydrogens is 533 g/mol. The minimum atomic E-state index is -8.08. The molecule has 1 N–H and O–H groups in total. The second-order valence-electron chi connectivity index (χ2n) is 7.12. The molecule has 0 unspecified atom stereocenters. The summed E-state index contributed by atoms with van der Waals surface area (Å²) in [6.45, 7) is 0.00267. The number of amides is 1. The molecule has 0 aliphatic rings. The van der Waals surface area contributed by atoms with Crippen molar-refractivity contribution >= 4 is 11.6 Å². The van der Waals surface area contributed by atoms with Gasteiger partial charge in [-0.1, -0.05) is 30.3 Å². The lowest BCUT2D eigenvalue weighted by Gasteiger charge is -2.39. The van der Waals surface area contributed by atoms with Crippen LogP contribution in [0.1, 0.15) is 5.56 Å². The van der Waals surface area contributed by atoms with Crippen LogP contribution in [0.5, 0.6) is 5.75 Å². The lowest BCUT2D eigenvalue weighted by Crippen LogP contribution is -2.71. The third kappa shape index (κ3) is 4.89. The van der Waals surface area contributed by atoms with Gasteiger partial charge in [-0.2, -0.15) is 57.1 Å². The molecule has 0 aliphatic heterocycles. The molecule has 2 aromatic carbocycles. The molecule has 0 aromatic heterocycles. The largest absolute Gasteiger partial charge is 0.489 e. The van der Waals surface area contributed by atoms with E-state index >= 15 is 0 Å². The minimum Gasteiger partial charge on any atom is -0.489 e. The topological polar surface area (TPSA) is 38.3 Å². The van der Waals surface area contributed by atoms with E-state index in [2.05, 4.69) is 0 Å². The molecule has 36 heavy (non-hydrogen) atoms. The van der Waals surface area contributed by atoms with E-state index in [4.69, 9.17) is 4.74 Å².